The van der Waals surface area contributed by atoms with E-state index in [2.05, 4.69) is 0 Å². The Kier molecular flexibility index (Phi) is 5.88. The molecule has 0 unspecified atom stereocenters. The van der Waals surface area contributed by atoms with Gasteiger partial charge >= 0.3 is 5.97 Å². The predicted octanol–water partition coefficient (Wildman–Crippen LogP) is 1.02. The minimum absolute atomic E-state index is 0.0840. The first-order valence-corrected chi connectivity index (χ1v) is 11.6. The van der Waals surface area contributed by atoms with Gasteiger partial charge in [-0.1, -0.05) is 0 Å². The molecule has 10 heteroatoms. The van der Waals surface area contributed by atoms with Crippen molar-refractivity contribution in [2.24, 2.45) is 5.92 Å². The molecule has 9 nitrogen and oxygen atoms in total. The summed E-state index contributed by atoms with van der Waals surface area (Å²) in [6.45, 7) is 1.86. The first-order chi connectivity index (χ1) is 14.4. The van der Waals surface area contributed by atoms with Gasteiger partial charge < -0.3 is 19.1 Å². The molecule has 1 aromatic rings. The van der Waals surface area contributed by atoms with Crippen LogP contribution < -0.4 is 9.47 Å². The second-order valence-corrected chi connectivity index (χ2v) is 9.63. The summed E-state index contributed by atoms with van der Waals surface area (Å²) in [7, 11) is -2.37. The number of fused-ring (bicyclic) bond motifs is 1. The van der Waals surface area contributed by atoms with Crippen molar-refractivity contribution in [3.05, 3.63) is 18.2 Å². The lowest BCUT2D eigenvalue weighted by molar-refractivity contribution is -0.152. The fraction of sp³-hybridized carbons (Fsp3) is 0.600. The molecule has 0 bridgehead atoms. The second-order valence-electron chi connectivity index (χ2n) is 7.70. The molecule has 0 aliphatic carbocycles. The highest BCUT2D eigenvalue weighted by Crippen LogP contribution is 2.34. The summed E-state index contributed by atoms with van der Waals surface area (Å²) in [6.07, 6.45) is 2.22. The van der Waals surface area contributed by atoms with E-state index in [1.807, 2.05) is 0 Å². The molecule has 30 heavy (non-hydrogen) atoms. The van der Waals surface area contributed by atoms with E-state index in [1.165, 1.54) is 23.5 Å². The summed E-state index contributed by atoms with van der Waals surface area (Å²) in [5.41, 5.74) is 0. The van der Waals surface area contributed by atoms with E-state index in [0.29, 0.717) is 50.5 Å². The summed E-state index contributed by atoms with van der Waals surface area (Å²) in [5, 5.41) is 0. The van der Waals surface area contributed by atoms with Crippen LogP contribution in [-0.2, 0) is 24.3 Å². The Morgan fingerprint density at radius 1 is 1.03 bits per heavy atom. The molecular weight excluding hydrogens is 412 g/mol. The fourth-order valence-corrected chi connectivity index (χ4v) is 5.81. The molecule has 3 aliphatic rings. The van der Waals surface area contributed by atoms with E-state index >= 15 is 0 Å². The van der Waals surface area contributed by atoms with Crippen molar-refractivity contribution in [3.63, 3.8) is 0 Å². The van der Waals surface area contributed by atoms with Gasteiger partial charge in [-0.15, -0.1) is 0 Å². The van der Waals surface area contributed by atoms with Crippen LogP contribution in [0.1, 0.15) is 25.7 Å². The normalized spacial score (nSPS) is 22.7. The quantitative estimate of drug-likeness (QED) is 0.647. The number of sulfonamides is 1. The van der Waals surface area contributed by atoms with Gasteiger partial charge in [-0.2, -0.15) is 4.31 Å². The molecule has 2 fully saturated rings. The van der Waals surface area contributed by atoms with Crippen molar-refractivity contribution in [2.45, 2.75) is 36.6 Å². The van der Waals surface area contributed by atoms with Gasteiger partial charge in [-0.05, 0) is 37.8 Å². The van der Waals surface area contributed by atoms with Crippen molar-refractivity contribution in [2.75, 3.05) is 40.0 Å². The van der Waals surface area contributed by atoms with Crippen LogP contribution in [-0.4, -0.2) is 75.5 Å². The van der Waals surface area contributed by atoms with E-state index in [4.69, 9.17) is 14.2 Å². The number of benzene rings is 1. The van der Waals surface area contributed by atoms with Gasteiger partial charge in [0.2, 0.25) is 15.9 Å². The lowest BCUT2D eigenvalue weighted by Crippen LogP contribution is -2.47. The van der Waals surface area contributed by atoms with Crippen LogP contribution in [0.3, 0.4) is 0 Å². The molecule has 0 N–H and O–H groups in total. The maximum Gasteiger partial charge on any atom is 0.328 e. The van der Waals surface area contributed by atoms with E-state index in [9.17, 15) is 18.0 Å². The van der Waals surface area contributed by atoms with Crippen LogP contribution in [0.5, 0.6) is 11.5 Å². The van der Waals surface area contributed by atoms with Gasteiger partial charge in [-0.25, -0.2) is 13.2 Å². The third kappa shape index (κ3) is 3.85. The molecule has 3 aliphatic heterocycles. The number of likely N-dealkylation sites (tertiary alicyclic amines) is 1. The zero-order valence-corrected chi connectivity index (χ0v) is 17.7. The van der Waals surface area contributed by atoms with Crippen molar-refractivity contribution in [1.29, 1.82) is 0 Å². The highest BCUT2D eigenvalue weighted by Gasteiger charge is 2.40. The molecule has 3 heterocycles. The molecule has 1 aromatic carbocycles. The number of piperidine rings is 1. The number of hydrogen-bond acceptors (Lipinski definition) is 7. The molecule has 0 saturated carbocycles. The number of esters is 1. The number of amides is 1. The van der Waals surface area contributed by atoms with Crippen LogP contribution in [0.25, 0.3) is 0 Å². The minimum atomic E-state index is -3.69. The van der Waals surface area contributed by atoms with Gasteiger partial charge in [-0.3, -0.25) is 4.79 Å². The summed E-state index contributed by atoms with van der Waals surface area (Å²) in [4.78, 5) is 26.6. The average molecular weight is 439 g/mol. The van der Waals surface area contributed by atoms with Crippen LogP contribution in [0, 0.1) is 5.92 Å². The number of hydrogen-bond donors (Lipinski definition) is 0. The Morgan fingerprint density at radius 2 is 1.73 bits per heavy atom. The maximum atomic E-state index is 13.1. The first-order valence-electron chi connectivity index (χ1n) is 10.2. The van der Waals surface area contributed by atoms with E-state index in [0.717, 1.165) is 6.42 Å². The predicted molar refractivity (Wildman–Crippen MR) is 106 cm³/mol. The Bertz CT molecular complexity index is 925. The highest BCUT2D eigenvalue weighted by molar-refractivity contribution is 7.89. The molecule has 0 spiro atoms. The second kappa shape index (κ2) is 8.43. The number of rotatable bonds is 4. The maximum absolute atomic E-state index is 13.1. The molecule has 164 valence electrons. The van der Waals surface area contributed by atoms with Gasteiger partial charge in [0, 0.05) is 31.6 Å². The summed E-state index contributed by atoms with van der Waals surface area (Å²) in [5.74, 6) is 0.200. The van der Waals surface area contributed by atoms with Crippen molar-refractivity contribution < 1.29 is 32.2 Å². The van der Waals surface area contributed by atoms with Gasteiger partial charge in [0.05, 0.1) is 12.0 Å². The van der Waals surface area contributed by atoms with Gasteiger partial charge in [0.1, 0.15) is 19.3 Å². The largest absolute Gasteiger partial charge is 0.486 e. The number of carbonyl (C=O) groups excluding carboxylic acids is 2. The number of carbonyl (C=O) groups is 2. The van der Waals surface area contributed by atoms with Crippen LogP contribution in [0.2, 0.25) is 0 Å². The average Bonchev–Trinajstić information content (AvgIpc) is 3.27. The Hall–Kier alpha value is -2.33. The third-order valence-electron chi connectivity index (χ3n) is 5.96. The minimum Gasteiger partial charge on any atom is -0.486 e. The Morgan fingerprint density at radius 3 is 2.43 bits per heavy atom. The van der Waals surface area contributed by atoms with E-state index < -0.39 is 16.1 Å². The van der Waals surface area contributed by atoms with Crippen molar-refractivity contribution in [1.82, 2.24) is 9.21 Å². The zero-order chi connectivity index (χ0) is 21.3. The zero-order valence-electron chi connectivity index (χ0n) is 16.9. The van der Waals surface area contributed by atoms with E-state index in [1.54, 1.807) is 11.0 Å². The van der Waals surface area contributed by atoms with Crippen LogP contribution in [0.4, 0.5) is 0 Å². The van der Waals surface area contributed by atoms with Gasteiger partial charge in [0.25, 0.3) is 0 Å². The first kappa shape index (κ1) is 20.9. The molecule has 1 amide bonds. The third-order valence-corrected chi connectivity index (χ3v) is 7.86. The molecule has 2 saturated heterocycles. The molecule has 0 aromatic heterocycles. The van der Waals surface area contributed by atoms with Crippen molar-refractivity contribution >= 4 is 21.9 Å². The van der Waals surface area contributed by atoms with E-state index in [-0.39, 0.29) is 35.8 Å². The monoisotopic (exact) mass is 438 g/mol. The smallest absolute Gasteiger partial charge is 0.328 e. The fourth-order valence-electron chi connectivity index (χ4n) is 4.32. The highest BCUT2D eigenvalue weighted by atomic mass is 32.2. The van der Waals surface area contributed by atoms with Crippen molar-refractivity contribution in [3.8, 4) is 11.5 Å². The standard InChI is InChI=1S/C20H26N2O7S/c1-27-20(24)16-3-2-8-22(16)19(23)14-6-9-21(10-7-14)30(25,26)15-4-5-17-18(13-15)29-12-11-28-17/h4-5,13-14,16H,2-3,6-12H2,1H3/t16-/m0/s1. The lowest BCUT2D eigenvalue weighted by Gasteiger charge is -2.33. The summed E-state index contributed by atoms with van der Waals surface area (Å²) in [6, 6.07) is 4.09. The molecule has 0 radical (unpaired) electrons. The lowest BCUT2D eigenvalue weighted by atomic mass is 9.96. The Labute approximate surface area is 175 Å². The van der Waals surface area contributed by atoms with Crippen LogP contribution in [0.15, 0.2) is 23.1 Å². The molecule has 1 atom stereocenters. The van der Waals surface area contributed by atoms with Gasteiger partial charge in [0.15, 0.2) is 11.5 Å². The molecule has 4 rings (SSSR count). The summed E-state index contributed by atoms with van der Waals surface area (Å²) >= 11 is 0. The molecular formula is C20H26N2O7S. The Balaban J connectivity index is 1.41. The SMILES string of the molecule is COC(=O)[C@@H]1CCCN1C(=O)C1CCN(S(=O)(=O)c2ccc3c(c2)OCCO3)CC1. The number of ether oxygens (including phenoxy) is 3. The van der Waals surface area contributed by atoms with Crippen LogP contribution >= 0.6 is 0 Å². The topological polar surface area (TPSA) is 102 Å². The number of methoxy groups -OCH3 is 1. The summed E-state index contributed by atoms with van der Waals surface area (Å²) < 4.78 is 43.3. The number of nitrogens with zero attached hydrogens (tertiary/aromatic N) is 2.